The second-order valence-electron chi connectivity index (χ2n) is 6.08. The number of halogens is 12. The van der Waals surface area contributed by atoms with Crippen molar-refractivity contribution in [3.63, 3.8) is 0 Å². The van der Waals surface area contributed by atoms with Crippen molar-refractivity contribution in [2.75, 3.05) is 0 Å². The van der Waals surface area contributed by atoms with E-state index in [-0.39, 0.29) is 10.0 Å². The zero-order chi connectivity index (χ0) is 23.5. The Kier molecular flexibility index (Phi) is 7.80. The molecule has 3 aromatic carbocycles. The number of rotatable bonds is 3. The van der Waals surface area contributed by atoms with Crippen LogP contribution in [-0.4, -0.2) is 0 Å². The molecule has 13 heteroatoms. The summed E-state index contributed by atoms with van der Waals surface area (Å²) < 4.78 is 35.0. The molecule has 0 aliphatic carbocycles. The monoisotopic (exact) mass is 640 g/mol. The van der Waals surface area contributed by atoms with Gasteiger partial charge in [0.05, 0.1) is 0 Å². The summed E-state index contributed by atoms with van der Waals surface area (Å²) in [6.07, 6.45) is 0. The van der Waals surface area contributed by atoms with Crippen molar-refractivity contribution in [2.45, 2.75) is 0 Å². The van der Waals surface area contributed by atoms with Crippen LogP contribution in [0.15, 0.2) is 30.3 Å². The topological polar surface area (TPSA) is 0 Å². The van der Waals surface area contributed by atoms with E-state index in [0.717, 1.165) is 12.1 Å². The summed E-state index contributed by atoms with van der Waals surface area (Å²) in [4.78, 5) is 0. The molecule has 3 aromatic rings. The summed E-state index contributed by atoms with van der Waals surface area (Å²) in [6, 6.07) is 6.62. The van der Waals surface area contributed by atoms with Crippen LogP contribution in [0.4, 0.5) is 8.39 Å². The Hall–Kier alpha value is 0.850. The SMILES string of the molecule is FP(F)(c1ccccc1)(c1c(Cl)c(Cl)c(Cl)c(Cl)c1Cl)c1c(Cl)c(Cl)c(Cl)c(Cl)c1Cl. The Labute approximate surface area is 226 Å². The van der Waals surface area contributed by atoms with Gasteiger partial charge in [-0.15, -0.1) is 0 Å². The van der Waals surface area contributed by atoms with Crippen LogP contribution in [0.2, 0.25) is 50.2 Å². The number of benzene rings is 3. The van der Waals surface area contributed by atoms with E-state index in [1.807, 2.05) is 0 Å². The van der Waals surface area contributed by atoms with Crippen molar-refractivity contribution in [1.29, 1.82) is 0 Å². The first-order valence-corrected chi connectivity index (χ1v) is 13.6. The molecule has 3 rings (SSSR count). The molecule has 0 atom stereocenters. The molecule has 0 aliphatic heterocycles. The van der Waals surface area contributed by atoms with E-state index < -0.39 is 63.3 Å². The summed E-state index contributed by atoms with van der Waals surface area (Å²) in [6.45, 7) is 0. The first kappa shape index (κ1) is 26.5. The third-order valence-corrected chi connectivity index (χ3v) is 13.1. The van der Waals surface area contributed by atoms with E-state index in [0.29, 0.717) is 0 Å². The van der Waals surface area contributed by atoms with Gasteiger partial charge in [0.25, 0.3) is 0 Å². The number of hydrogen-bond donors (Lipinski definition) is 0. The van der Waals surface area contributed by atoms with Crippen LogP contribution >= 0.6 is 123 Å². The molecule has 166 valence electrons. The van der Waals surface area contributed by atoms with E-state index >= 15 is 8.39 Å². The van der Waals surface area contributed by atoms with Gasteiger partial charge in [0.15, 0.2) is 0 Å². The van der Waals surface area contributed by atoms with Gasteiger partial charge >= 0.3 is 228 Å². The van der Waals surface area contributed by atoms with Crippen LogP contribution in [-0.2, 0) is 0 Å². The molecule has 0 radical (unpaired) electrons. The Balaban J connectivity index is 2.71. The van der Waals surface area contributed by atoms with E-state index in [1.54, 1.807) is 0 Å². The molecule has 0 fully saturated rings. The van der Waals surface area contributed by atoms with Crippen LogP contribution < -0.4 is 15.9 Å². The fourth-order valence-corrected chi connectivity index (χ4v) is 10.5. The van der Waals surface area contributed by atoms with E-state index in [9.17, 15) is 0 Å². The maximum absolute atomic E-state index is 17.5. The molecular formula is C18H5Cl10F2P. The van der Waals surface area contributed by atoms with Gasteiger partial charge in [-0.2, -0.15) is 0 Å². The van der Waals surface area contributed by atoms with Crippen molar-refractivity contribution in [3.05, 3.63) is 80.6 Å². The molecule has 0 heterocycles. The predicted molar refractivity (Wildman–Crippen MR) is 137 cm³/mol. The predicted octanol–water partition coefficient (Wildman–Crippen LogP) is 10.8. The molecular weight excluding hydrogens is 640 g/mol. The van der Waals surface area contributed by atoms with E-state index in [4.69, 9.17) is 116 Å². The Morgan fingerprint density at radius 2 is 0.677 bits per heavy atom. The molecule has 0 saturated carbocycles. The minimum absolute atomic E-state index is 0.294. The molecule has 0 nitrogen and oxygen atoms in total. The standard InChI is InChI=1S/C18H5Cl10F2P/c19-7-9(21)13(25)17(14(26)10(7)22)31(29,30,6-4-2-1-3-5-6)18-15(27)11(23)8(20)12(24)16(18)28/h1-5H. The number of hydrogen-bond acceptors (Lipinski definition) is 0. The summed E-state index contributed by atoms with van der Waals surface area (Å²) in [7, 11) is -6.73. The van der Waals surface area contributed by atoms with Crippen molar-refractivity contribution in [2.24, 2.45) is 0 Å². The fourth-order valence-electron chi connectivity index (χ4n) is 2.94. The first-order chi connectivity index (χ1) is 14.3. The second kappa shape index (κ2) is 9.14. The summed E-state index contributed by atoms with van der Waals surface area (Å²) >= 11 is 61.6. The van der Waals surface area contributed by atoms with Gasteiger partial charge in [0.1, 0.15) is 0 Å². The molecule has 0 saturated heterocycles. The maximum atomic E-state index is 17.5. The van der Waals surface area contributed by atoms with Gasteiger partial charge in [0.2, 0.25) is 0 Å². The molecule has 0 amide bonds. The van der Waals surface area contributed by atoms with Gasteiger partial charge in [-0.05, 0) is 0 Å². The molecule has 0 bridgehead atoms. The van der Waals surface area contributed by atoms with Gasteiger partial charge in [-0.1, -0.05) is 0 Å². The average Bonchev–Trinajstić information content (AvgIpc) is 2.74. The van der Waals surface area contributed by atoms with Crippen LogP contribution in [0.25, 0.3) is 0 Å². The molecule has 0 N–H and O–H groups in total. The molecule has 31 heavy (non-hydrogen) atoms. The van der Waals surface area contributed by atoms with Gasteiger partial charge in [0, 0.05) is 0 Å². The van der Waals surface area contributed by atoms with Crippen LogP contribution in [0.3, 0.4) is 0 Å². The first-order valence-electron chi connectivity index (χ1n) is 7.81. The van der Waals surface area contributed by atoms with Crippen molar-refractivity contribution < 1.29 is 8.39 Å². The van der Waals surface area contributed by atoms with Crippen molar-refractivity contribution in [1.82, 2.24) is 0 Å². The van der Waals surface area contributed by atoms with Gasteiger partial charge in [-0.25, -0.2) is 0 Å². The summed E-state index contributed by atoms with van der Waals surface area (Å²) in [5, 5.41) is -7.07. The van der Waals surface area contributed by atoms with Crippen LogP contribution in [0.1, 0.15) is 0 Å². The minimum atomic E-state index is -6.73. The average molecular weight is 645 g/mol. The second-order valence-corrected chi connectivity index (χ2v) is 13.1. The Morgan fingerprint density at radius 1 is 0.419 bits per heavy atom. The van der Waals surface area contributed by atoms with Crippen molar-refractivity contribution in [3.8, 4) is 0 Å². The normalized spacial score (nSPS) is 13.2. The quantitative estimate of drug-likeness (QED) is 0.151. The summed E-state index contributed by atoms with van der Waals surface area (Å²) in [5.74, 6) is 0. The van der Waals surface area contributed by atoms with Crippen molar-refractivity contribution >= 4 is 139 Å². The summed E-state index contributed by atoms with van der Waals surface area (Å²) in [5.41, 5.74) is 0. The zero-order valence-electron chi connectivity index (χ0n) is 14.4. The van der Waals surface area contributed by atoms with Gasteiger partial charge < -0.3 is 0 Å². The van der Waals surface area contributed by atoms with Crippen LogP contribution in [0, 0.1) is 0 Å². The molecule has 0 aromatic heterocycles. The Morgan fingerprint density at radius 3 is 0.968 bits per heavy atom. The third kappa shape index (κ3) is 3.93. The third-order valence-electron chi connectivity index (χ3n) is 4.37. The van der Waals surface area contributed by atoms with Crippen LogP contribution in [0.5, 0.6) is 0 Å². The fraction of sp³-hybridized carbons (Fsp3) is 0. The molecule has 0 aliphatic rings. The van der Waals surface area contributed by atoms with E-state index in [1.165, 1.54) is 18.2 Å². The van der Waals surface area contributed by atoms with Gasteiger partial charge in [-0.3, -0.25) is 0 Å². The Bertz CT molecular complexity index is 1100. The zero-order valence-corrected chi connectivity index (χ0v) is 22.8. The van der Waals surface area contributed by atoms with E-state index in [2.05, 4.69) is 0 Å². The molecule has 0 spiro atoms. The molecule has 0 unspecified atom stereocenters.